The van der Waals surface area contributed by atoms with Gasteiger partial charge >= 0.3 is 0 Å². The number of amides is 2. The van der Waals surface area contributed by atoms with Crippen molar-refractivity contribution in [3.05, 3.63) is 29.0 Å². The molecule has 0 bridgehead atoms. The number of nitrogens with one attached hydrogen (secondary N) is 2. The average Bonchev–Trinajstić information content (AvgIpc) is 2.91. The highest BCUT2D eigenvalue weighted by molar-refractivity contribution is 6.02. The molecule has 0 aliphatic carbocycles. The van der Waals surface area contributed by atoms with E-state index in [1.165, 1.54) is 11.1 Å². The van der Waals surface area contributed by atoms with Gasteiger partial charge in [-0.15, -0.1) is 12.4 Å². The molecule has 2 amide bonds. The Balaban J connectivity index is 0.00000144. The van der Waals surface area contributed by atoms with Crippen molar-refractivity contribution in [2.45, 2.75) is 31.7 Å². The molecular weight excluding hydrogens is 306 g/mol. The first-order valence-electron chi connectivity index (χ1n) is 7.18. The summed E-state index contributed by atoms with van der Waals surface area (Å²) in [6.07, 6.45) is 1.74. The van der Waals surface area contributed by atoms with Gasteiger partial charge in [-0.3, -0.25) is 14.9 Å². The van der Waals surface area contributed by atoms with Crippen molar-refractivity contribution in [2.24, 2.45) is 0 Å². The third kappa shape index (κ3) is 2.28. The minimum Gasteiger partial charge on any atom is -0.356 e. The van der Waals surface area contributed by atoms with Crippen LogP contribution in [0.3, 0.4) is 0 Å². The Bertz CT molecular complexity index is 756. The highest BCUT2D eigenvalue weighted by Crippen LogP contribution is 2.33. The summed E-state index contributed by atoms with van der Waals surface area (Å²) in [4.78, 5) is 23.3. The van der Waals surface area contributed by atoms with E-state index in [2.05, 4.69) is 21.9 Å². The number of nitrogens with zero attached hydrogens (tertiary/aromatic N) is 1. The molecule has 3 heterocycles. The van der Waals surface area contributed by atoms with Crippen molar-refractivity contribution in [2.75, 3.05) is 6.54 Å². The predicted octanol–water partition coefficient (Wildman–Crippen LogP) is 1.42. The zero-order valence-electron chi connectivity index (χ0n) is 11.8. The SMILES string of the molecule is Cl.O=C1CCC(c2noc3c4c(ccc23)CNCC4)C(=O)N1. The van der Waals surface area contributed by atoms with Gasteiger partial charge in [0.1, 0.15) is 5.69 Å². The van der Waals surface area contributed by atoms with E-state index in [0.717, 1.165) is 30.5 Å². The molecular formula is C15H16ClN3O3. The number of imide groups is 1. The second kappa shape index (κ2) is 5.70. The fourth-order valence-electron chi connectivity index (χ4n) is 3.20. The Hall–Kier alpha value is -1.92. The molecule has 116 valence electrons. The van der Waals surface area contributed by atoms with Gasteiger partial charge in [0.05, 0.1) is 5.92 Å². The molecule has 0 spiro atoms. The molecule has 7 heteroatoms. The number of hydrogen-bond donors (Lipinski definition) is 2. The van der Waals surface area contributed by atoms with Gasteiger partial charge in [0.15, 0.2) is 5.58 Å². The summed E-state index contributed by atoms with van der Waals surface area (Å²) in [5.41, 5.74) is 3.84. The van der Waals surface area contributed by atoms with Crippen molar-refractivity contribution >= 4 is 35.2 Å². The molecule has 2 aliphatic rings. The lowest BCUT2D eigenvalue weighted by atomic mass is 9.91. The summed E-state index contributed by atoms with van der Waals surface area (Å²) in [5.74, 6) is -0.892. The van der Waals surface area contributed by atoms with E-state index >= 15 is 0 Å². The quantitative estimate of drug-likeness (QED) is 0.776. The summed E-state index contributed by atoms with van der Waals surface area (Å²) in [6, 6.07) is 4.03. The van der Waals surface area contributed by atoms with Crippen molar-refractivity contribution in [3.8, 4) is 0 Å². The van der Waals surface area contributed by atoms with Gasteiger partial charge in [0.25, 0.3) is 0 Å². The highest BCUT2D eigenvalue weighted by Gasteiger charge is 2.32. The van der Waals surface area contributed by atoms with Gasteiger partial charge in [0, 0.05) is 23.9 Å². The molecule has 4 rings (SSSR count). The molecule has 1 fully saturated rings. The number of rotatable bonds is 1. The second-order valence-corrected chi connectivity index (χ2v) is 5.58. The van der Waals surface area contributed by atoms with Crippen LogP contribution in [0.15, 0.2) is 16.7 Å². The lowest BCUT2D eigenvalue weighted by molar-refractivity contribution is -0.134. The number of halogens is 1. The third-order valence-electron chi connectivity index (χ3n) is 4.31. The van der Waals surface area contributed by atoms with E-state index in [4.69, 9.17) is 4.52 Å². The van der Waals surface area contributed by atoms with Crippen LogP contribution >= 0.6 is 12.4 Å². The molecule has 1 saturated heterocycles. The van der Waals surface area contributed by atoms with Crippen LogP contribution in [0.4, 0.5) is 0 Å². The number of carbonyl (C=O) groups excluding carboxylic acids is 2. The average molecular weight is 322 g/mol. The van der Waals surface area contributed by atoms with Crippen molar-refractivity contribution in [1.29, 1.82) is 0 Å². The molecule has 0 saturated carbocycles. The number of hydrogen-bond acceptors (Lipinski definition) is 5. The van der Waals surface area contributed by atoms with Crippen LogP contribution in [-0.2, 0) is 22.6 Å². The summed E-state index contributed by atoms with van der Waals surface area (Å²) in [6.45, 7) is 1.75. The summed E-state index contributed by atoms with van der Waals surface area (Å²) >= 11 is 0. The topological polar surface area (TPSA) is 84.2 Å². The first-order chi connectivity index (χ1) is 10.2. The molecule has 1 unspecified atom stereocenters. The molecule has 22 heavy (non-hydrogen) atoms. The maximum Gasteiger partial charge on any atom is 0.235 e. The van der Waals surface area contributed by atoms with Crippen LogP contribution in [-0.4, -0.2) is 23.5 Å². The normalized spacial score (nSPS) is 21.2. The van der Waals surface area contributed by atoms with E-state index in [0.29, 0.717) is 18.5 Å². The van der Waals surface area contributed by atoms with E-state index < -0.39 is 5.92 Å². The first-order valence-corrected chi connectivity index (χ1v) is 7.18. The summed E-state index contributed by atoms with van der Waals surface area (Å²) < 4.78 is 5.53. The minimum absolute atomic E-state index is 0. The number of fused-ring (bicyclic) bond motifs is 3. The standard InChI is InChI=1S/C15H15N3O3.ClH/c19-12-4-3-11(15(20)17-12)13-10-2-1-8-7-16-6-5-9(8)14(10)21-18-13;/h1-2,11,16H,3-7H2,(H,17,19,20);1H. The highest BCUT2D eigenvalue weighted by atomic mass is 35.5. The molecule has 1 atom stereocenters. The van der Waals surface area contributed by atoms with E-state index in [1.54, 1.807) is 0 Å². The van der Waals surface area contributed by atoms with E-state index in [-0.39, 0.29) is 24.2 Å². The fourth-order valence-corrected chi connectivity index (χ4v) is 3.20. The molecule has 1 aromatic heterocycles. The summed E-state index contributed by atoms with van der Waals surface area (Å²) in [5, 5.41) is 10.7. The van der Waals surface area contributed by atoms with Crippen molar-refractivity contribution in [3.63, 3.8) is 0 Å². The van der Waals surface area contributed by atoms with Crippen molar-refractivity contribution in [1.82, 2.24) is 15.8 Å². The Morgan fingerprint density at radius 2 is 2.09 bits per heavy atom. The second-order valence-electron chi connectivity index (χ2n) is 5.58. The predicted molar refractivity (Wildman–Crippen MR) is 81.8 cm³/mol. The maximum atomic E-state index is 12.0. The van der Waals surface area contributed by atoms with E-state index in [9.17, 15) is 9.59 Å². The van der Waals surface area contributed by atoms with Gasteiger partial charge in [-0.05, 0) is 31.0 Å². The lowest BCUT2D eigenvalue weighted by Crippen LogP contribution is -2.39. The Labute approximate surface area is 133 Å². The molecule has 2 aliphatic heterocycles. The van der Waals surface area contributed by atoms with Crippen LogP contribution in [0, 0.1) is 0 Å². The molecule has 0 radical (unpaired) electrons. The van der Waals surface area contributed by atoms with Gasteiger partial charge in [-0.1, -0.05) is 11.2 Å². The monoisotopic (exact) mass is 321 g/mol. The van der Waals surface area contributed by atoms with E-state index in [1.807, 2.05) is 6.07 Å². The lowest BCUT2D eigenvalue weighted by Gasteiger charge is -2.19. The zero-order chi connectivity index (χ0) is 14.4. The number of carbonyl (C=O) groups is 2. The third-order valence-corrected chi connectivity index (χ3v) is 4.31. The van der Waals surface area contributed by atoms with Crippen LogP contribution in [0.2, 0.25) is 0 Å². The van der Waals surface area contributed by atoms with Crippen LogP contribution in [0.1, 0.15) is 35.6 Å². The van der Waals surface area contributed by atoms with Crippen LogP contribution in [0.25, 0.3) is 11.0 Å². The molecule has 6 nitrogen and oxygen atoms in total. The molecule has 1 aromatic carbocycles. The van der Waals surface area contributed by atoms with Crippen molar-refractivity contribution < 1.29 is 14.1 Å². The summed E-state index contributed by atoms with van der Waals surface area (Å²) in [7, 11) is 0. The minimum atomic E-state index is -0.399. The fraction of sp³-hybridized carbons (Fsp3) is 0.400. The Morgan fingerprint density at radius 3 is 2.91 bits per heavy atom. The van der Waals surface area contributed by atoms with Crippen LogP contribution < -0.4 is 10.6 Å². The van der Waals surface area contributed by atoms with Gasteiger partial charge in [0.2, 0.25) is 11.8 Å². The number of aromatic nitrogens is 1. The number of benzene rings is 1. The van der Waals surface area contributed by atoms with Gasteiger partial charge < -0.3 is 9.84 Å². The molecule has 2 aromatic rings. The smallest absolute Gasteiger partial charge is 0.235 e. The molecule has 2 N–H and O–H groups in total. The maximum absolute atomic E-state index is 12.0. The van der Waals surface area contributed by atoms with Crippen LogP contribution in [0.5, 0.6) is 0 Å². The zero-order valence-corrected chi connectivity index (χ0v) is 12.7. The Morgan fingerprint density at radius 1 is 1.23 bits per heavy atom. The Kier molecular flexibility index (Phi) is 3.88. The van der Waals surface area contributed by atoms with Gasteiger partial charge in [-0.25, -0.2) is 0 Å². The number of piperidine rings is 1. The largest absolute Gasteiger partial charge is 0.356 e. The first kappa shape index (κ1) is 15.0. The van der Waals surface area contributed by atoms with Gasteiger partial charge in [-0.2, -0.15) is 0 Å².